The van der Waals surface area contributed by atoms with Crippen LogP contribution in [0.25, 0.3) is 0 Å². The van der Waals surface area contributed by atoms with E-state index in [9.17, 15) is 0 Å². The minimum Gasteiger partial charge on any atom is -0.383 e. The number of anilines is 1. The summed E-state index contributed by atoms with van der Waals surface area (Å²) in [5.74, 6) is 0. The molecule has 0 spiro atoms. The molecule has 0 radical (unpaired) electrons. The second-order valence-corrected chi connectivity index (χ2v) is 4.44. The van der Waals surface area contributed by atoms with Gasteiger partial charge in [0.05, 0.1) is 19.8 Å². The van der Waals surface area contributed by atoms with Gasteiger partial charge in [-0.2, -0.15) is 0 Å². The number of hydrogen-bond donors (Lipinski definition) is 1. The summed E-state index contributed by atoms with van der Waals surface area (Å²) < 4.78 is 10.4. The van der Waals surface area contributed by atoms with Crippen molar-refractivity contribution in [3.05, 3.63) is 29.8 Å². The second-order valence-electron chi connectivity index (χ2n) is 4.44. The number of rotatable bonds is 6. The maximum Gasteiger partial charge on any atom is 0.0642 e. The van der Waals surface area contributed by atoms with Gasteiger partial charge in [-0.25, -0.2) is 0 Å². The predicted octanol–water partition coefficient (Wildman–Crippen LogP) is 1.26. The van der Waals surface area contributed by atoms with Crippen LogP contribution in [-0.2, 0) is 16.0 Å². The van der Waals surface area contributed by atoms with E-state index in [0.29, 0.717) is 0 Å². The summed E-state index contributed by atoms with van der Waals surface area (Å²) >= 11 is 0. The van der Waals surface area contributed by atoms with Gasteiger partial charge < -0.3 is 19.7 Å². The topological polar surface area (TPSA) is 33.7 Å². The maximum atomic E-state index is 5.36. The average Bonchev–Trinajstić information content (AvgIpc) is 2.45. The van der Waals surface area contributed by atoms with E-state index in [2.05, 4.69) is 34.5 Å². The fourth-order valence-electron chi connectivity index (χ4n) is 2.05. The van der Waals surface area contributed by atoms with Gasteiger partial charge in [-0.15, -0.1) is 0 Å². The van der Waals surface area contributed by atoms with E-state index < -0.39 is 0 Å². The zero-order chi connectivity index (χ0) is 12.6. The summed E-state index contributed by atoms with van der Waals surface area (Å²) in [6.07, 6.45) is 0. The van der Waals surface area contributed by atoms with Crippen LogP contribution in [0.1, 0.15) is 5.56 Å². The van der Waals surface area contributed by atoms with E-state index in [1.165, 1.54) is 11.3 Å². The molecule has 0 saturated carbocycles. The number of methoxy groups -OCH3 is 1. The van der Waals surface area contributed by atoms with Gasteiger partial charge in [-0.1, -0.05) is 12.1 Å². The highest BCUT2D eigenvalue weighted by molar-refractivity contribution is 5.47. The molecule has 0 unspecified atom stereocenters. The van der Waals surface area contributed by atoms with E-state index >= 15 is 0 Å². The fourth-order valence-corrected chi connectivity index (χ4v) is 2.05. The molecule has 1 N–H and O–H groups in total. The molecule has 1 aromatic carbocycles. The molecular weight excluding hydrogens is 228 g/mol. The summed E-state index contributed by atoms with van der Waals surface area (Å²) in [6.45, 7) is 6.19. The summed E-state index contributed by atoms with van der Waals surface area (Å²) in [4.78, 5) is 2.37. The Bertz CT molecular complexity index is 334. The van der Waals surface area contributed by atoms with Crippen LogP contribution < -0.4 is 10.2 Å². The van der Waals surface area contributed by atoms with Gasteiger partial charge in [0.15, 0.2) is 0 Å². The first kappa shape index (κ1) is 13.3. The smallest absolute Gasteiger partial charge is 0.0642 e. The van der Waals surface area contributed by atoms with Crippen molar-refractivity contribution in [1.82, 2.24) is 5.32 Å². The minimum atomic E-state index is 0.756. The highest BCUT2D eigenvalue weighted by Gasteiger charge is 2.10. The zero-order valence-electron chi connectivity index (χ0n) is 11.0. The summed E-state index contributed by atoms with van der Waals surface area (Å²) in [7, 11) is 1.72. The third-order valence-corrected chi connectivity index (χ3v) is 3.12. The summed E-state index contributed by atoms with van der Waals surface area (Å²) in [6, 6.07) is 8.76. The standard InChI is InChI=1S/C14H22N2O2/c1-17-9-6-15-12-13-2-4-14(5-3-13)16-7-10-18-11-8-16/h2-5,15H,6-12H2,1H3. The Morgan fingerprint density at radius 3 is 2.61 bits per heavy atom. The van der Waals surface area contributed by atoms with Crippen molar-refractivity contribution in [1.29, 1.82) is 0 Å². The van der Waals surface area contributed by atoms with Crippen LogP contribution in [0.2, 0.25) is 0 Å². The van der Waals surface area contributed by atoms with Crippen molar-refractivity contribution in [2.24, 2.45) is 0 Å². The lowest BCUT2D eigenvalue weighted by molar-refractivity contribution is 0.122. The van der Waals surface area contributed by atoms with E-state index in [-0.39, 0.29) is 0 Å². The Morgan fingerprint density at radius 1 is 1.22 bits per heavy atom. The highest BCUT2D eigenvalue weighted by atomic mass is 16.5. The third-order valence-electron chi connectivity index (χ3n) is 3.12. The van der Waals surface area contributed by atoms with Gasteiger partial charge in [0, 0.05) is 39.0 Å². The fraction of sp³-hybridized carbons (Fsp3) is 0.571. The number of nitrogens with zero attached hydrogens (tertiary/aromatic N) is 1. The van der Waals surface area contributed by atoms with Gasteiger partial charge in [0.2, 0.25) is 0 Å². The first-order valence-electron chi connectivity index (χ1n) is 6.51. The Kier molecular flexibility index (Phi) is 5.45. The maximum absolute atomic E-state index is 5.36. The van der Waals surface area contributed by atoms with Gasteiger partial charge in [0.25, 0.3) is 0 Å². The second kappa shape index (κ2) is 7.36. The van der Waals surface area contributed by atoms with Crippen LogP contribution in [0.5, 0.6) is 0 Å². The van der Waals surface area contributed by atoms with Crippen molar-refractivity contribution in [2.75, 3.05) is 51.5 Å². The van der Waals surface area contributed by atoms with E-state index in [1.807, 2.05) is 0 Å². The third kappa shape index (κ3) is 3.98. The lowest BCUT2D eigenvalue weighted by atomic mass is 10.2. The molecule has 0 amide bonds. The molecule has 2 rings (SSSR count). The molecule has 1 aliphatic heterocycles. The van der Waals surface area contributed by atoms with E-state index in [1.54, 1.807) is 7.11 Å². The number of hydrogen-bond acceptors (Lipinski definition) is 4. The van der Waals surface area contributed by atoms with Gasteiger partial charge in [-0.05, 0) is 17.7 Å². The SMILES string of the molecule is COCCNCc1ccc(N2CCOCC2)cc1. The average molecular weight is 250 g/mol. The van der Waals surface area contributed by atoms with Crippen LogP contribution in [0.3, 0.4) is 0 Å². The van der Waals surface area contributed by atoms with Crippen molar-refractivity contribution in [3.8, 4) is 0 Å². The first-order chi connectivity index (χ1) is 8.90. The Labute approximate surface area is 109 Å². The summed E-state index contributed by atoms with van der Waals surface area (Å²) in [5, 5.41) is 3.34. The number of ether oxygens (including phenoxy) is 2. The zero-order valence-corrected chi connectivity index (χ0v) is 11.0. The normalized spacial score (nSPS) is 15.9. The van der Waals surface area contributed by atoms with Crippen molar-refractivity contribution >= 4 is 5.69 Å². The van der Waals surface area contributed by atoms with Crippen LogP contribution in [0.4, 0.5) is 5.69 Å². The van der Waals surface area contributed by atoms with Crippen molar-refractivity contribution < 1.29 is 9.47 Å². The lowest BCUT2D eigenvalue weighted by Gasteiger charge is -2.28. The lowest BCUT2D eigenvalue weighted by Crippen LogP contribution is -2.36. The molecule has 18 heavy (non-hydrogen) atoms. The molecule has 0 atom stereocenters. The van der Waals surface area contributed by atoms with Crippen LogP contribution in [0, 0.1) is 0 Å². The molecule has 4 heteroatoms. The highest BCUT2D eigenvalue weighted by Crippen LogP contribution is 2.16. The Balaban J connectivity index is 1.81. The van der Waals surface area contributed by atoms with E-state index in [4.69, 9.17) is 9.47 Å². The molecule has 0 aliphatic carbocycles. The quantitative estimate of drug-likeness (QED) is 0.771. The molecule has 1 saturated heterocycles. The van der Waals surface area contributed by atoms with Gasteiger partial charge >= 0.3 is 0 Å². The van der Waals surface area contributed by atoms with E-state index in [0.717, 1.165) is 46.0 Å². The van der Waals surface area contributed by atoms with Gasteiger partial charge in [-0.3, -0.25) is 0 Å². The largest absolute Gasteiger partial charge is 0.383 e. The predicted molar refractivity (Wildman–Crippen MR) is 73.1 cm³/mol. The number of morpholine rings is 1. The van der Waals surface area contributed by atoms with Crippen LogP contribution >= 0.6 is 0 Å². The number of nitrogens with one attached hydrogen (secondary N) is 1. The van der Waals surface area contributed by atoms with Crippen molar-refractivity contribution in [2.45, 2.75) is 6.54 Å². The van der Waals surface area contributed by atoms with Crippen LogP contribution in [-0.4, -0.2) is 46.6 Å². The molecule has 1 aliphatic rings. The number of benzene rings is 1. The summed E-state index contributed by atoms with van der Waals surface area (Å²) in [5.41, 5.74) is 2.60. The van der Waals surface area contributed by atoms with Crippen LogP contribution in [0.15, 0.2) is 24.3 Å². The molecule has 1 aromatic rings. The minimum absolute atomic E-state index is 0.756. The molecule has 100 valence electrons. The monoisotopic (exact) mass is 250 g/mol. The van der Waals surface area contributed by atoms with Gasteiger partial charge in [0.1, 0.15) is 0 Å². The molecule has 4 nitrogen and oxygen atoms in total. The molecule has 0 bridgehead atoms. The molecule has 1 fully saturated rings. The Morgan fingerprint density at radius 2 is 1.94 bits per heavy atom. The van der Waals surface area contributed by atoms with Crippen molar-refractivity contribution in [3.63, 3.8) is 0 Å². The molecular formula is C14H22N2O2. The molecule has 0 aromatic heterocycles. The first-order valence-corrected chi connectivity index (χ1v) is 6.51. The Hall–Kier alpha value is -1.10. The molecule has 1 heterocycles.